The fourth-order valence-electron chi connectivity index (χ4n) is 2.64. The highest BCUT2D eigenvalue weighted by Gasteiger charge is 2.34. The van der Waals surface area contributed by atoms with Gasteiger partial charge in [0, 0.05) is 13.1 Å². The molecule has 0 unspecified atom stereocenters. The third-order valence-electron chi connectivity index (χ3n) is 3.67. The molecule has 0 spiro atoms. The predicted molar refractivity (Wildman–Crippen MR) is 68.8 cm³/mol. The Hall–Kier alpha value is -1.71. The minimum absolute atomic E-state index is 0.188. The number of rotatable bonds is 6. The van der Waals surface area contributed by atoms with Gasteiger partial charge in [-0.05, 0) is 25.7 Å². The molecular formula is C12H19N3O6. The molecule has 118 valence electrons. The molecule has 21 heavy (non-hydrogen) atoms. The van der Waals surface area contributed by atoms with E-state index in [-0.39, 0.29) is 6.54 Å². The average molecular weight is 301 g/mol. The molecule has 0 aromatic carbocycles. The molecular weight excluding hydrogens is 282 g/mol. The van der Waals surface area contributed by atoms with Crippen molar-refractivity contribution in [1.82, 2.24) is 15.5 Å². The third-order valence-corrected chi connectivity index (χ3v) is 3.67. The van der Waals surface area contributed by atoms with Crippen LogP contribution >= 0.6 is 0 Å². The van der Waals surface area contributed by atoms with Gasteiger partial charge >= 0.3 is 17.9 Å². The lowest BCUT2D eigenvalue weighted by molar-refractivity contribution is -0.199. The van der Waals surface area contributed by atoms with Crippen molar-refractivity contribution >= 4 is 17.9 Å². The van der Waals surface area contributed by atoms with Crippen LogP contribution in [0, 0.1) is 0 Å². The number of nitrogens with one attached hydrogen (secondary N) is 1. The highest BCUT2D eigenvalue weighted by molar-refractivity contribution is 5.75. The van der Waals surface area contributed by atoms with Crippen molar-refractivity contribution in [1.29, 1.82) is 0 Å². The van der Waals surface area contributed by atoms with Crippen molar-refractivity contribution < 1.29 is 29.4 Å². The Morgan fingerprint density at radius 3 is 2.33 bits per heavy atom. The van der Waals surface area contributed by atoms with Crippen LogP contribution in [0.4, 0.5) is 0 Å². The smallest absolute Gasteiger partial charge is 0.340 e. The summed E-state index contributed by atoms with van der Waals surface area (Å²) in [5, 5.41) is 20.6. The van der Waals surface area contributed by atoms with Crippen molar-refractivity contribution in [3.63, 3.8) is 0 Å². The van der Waals surface area contributed by atoms with E-state index >= 15 is 0 Å². The zero-order chi connectivity index (χ0) is 15.4. The van der Waals surface area contributed by atoms with Crippen LogP contribution in [0.3, 0.4) is 0 Å². The number of carbonyl (C=O) groups is 3. The van der Waals surface area contributed by atoms with Crippen LogP contribution in [0.2, 0.25) is 0 Å². The van der Waals surface area contributed by atoms with Gasteiger partial charge in [-0.15, -0.1) is 5.06 Å². The molecule has 2 aliphatic heterocycles. The molecule has 0 aliphatic carbocycles. The number of hydrogen-bond acceptors (Lipinski definition) is 7. The molecule has 2 fully saturated rings. The van der Waals surface area contributed by atoms with Crippen molar-refractivity contribution in [2.24, 2.45) is 0 Å². The monoisotopic (exact) mass is 301 g/mol. The molecule has 0 bridgehead atoms. The van der Waals surface area contributed by atoms with E-state index in [2.05, 4.69) is 5.43 Å². The van der Waals surface area contributed by atoms with E-state index in [0.29, 0.717) is 32.4 Å². The molecule has 3 N–H and O–H groups in total. The van der Waals surface area contributed by atoms with E-state index in [1.165, 1.54) is 10.1 Å². The Balaban J connectivity index is 1.77. The number of hydrogen-bond donors (Lipinski definition) is 3. The summed E-state index contributed by atoms with van der Waals surface area (Å²) in [7, 11) is 0. The van der Waals surface area contributed by atoms with Gasteiger partial charge in [-0.2, -0.15) is 0 Å². The average Bonchev–Trinajstić information content (AvgIpc) is 3.04. The van der Waals surface area contributed by atoms with E-state index in [9.17, 15) is 14.4 Å². The highest BCUT2D eigenvalue weighted by Crippen LogP contribution is 2.18. The fourth-order valence-corrected chi connectivity index (χ4v) is 2.64. The van der Waals surface area contributed by atoms with E-state index in [4.69, 9.17) is 15.1 Å². The summed E-state index contributed by atoms with van der Waals surface area (Å²) in [4.78, 5) is 38.7. The van der Waals surface area contributed by atoms with Crippen molar-refractivity contribution in [2.75, 3.05) is 19.6 Å². The van der Waals surface area contributed by atoms with Gasteiger partial charge in [0.05, 0.1) is 0 Å². The van der Waals surface area contributed by atoms with Crippen LogP contribution in [0.5, 0.6) is 0 Å². The van der Waals surface area contributed by atoms with Gasteiger partial charge in [-0.25, -0.2) is 15.2 Å². The Morgan fingerprint density at radius 1 is 1.05 bits per heavy atom. The summed E-state index contributed by atoms with van der Waals surface area (Å²) >= 11 is 0. The maximum Gasteiger partial charge on any atom is 0.340 e. The highest BCUT2D eigenvalue weighted by atomic mass is 16.7. The number of aliphatic carboxylic acids is 2. The van der Waals surface area contributed by atoms with Crippen molar-refractivity contribution in [3.05, 3.63) is 0 Å². The van der Waals surface area contributed by atoms with Gasteiger partial charge in [-0.1, -0.05) is 0 Å². The van der Waals surface area contributed by atoms with Crippen LogP contribution < -0.4 is 5.43 Å². The first-order valence-electron chi connectivity index (χ1n) is 6.92. The first-order chi connectivity index (χ1) is 9.99. The van der Waals surface area contributed by atoms with Gasteiger partial charge in [0.15, 0.2) is 0 Å². The molecule has 2 saturated heterocycles. The van der Waals surface area contributed by atoms with Crippen LogP contribution in [-0.2, 0) is 19.2 Å². The van der Waals surface area contributed by atoms with E-state index in [1.807, 2.05) is 0 Å². The summed E-state index contributed by atoms with van der Waals surface area (Å²) < 4.78 is 0. The van der Waals surface area contributed by atoms with Gasteiger partial charge < -0.3 is 15.1 Å². The summed E-state index contributed by atoms with van der Waals surface area (Å²) in [5.74, 6) is -2.57. The van der Waals surface area contributed by atoms with E-state index in [0.717, 1.165) is 6.42 Å². The molecule has 2 aliphatic rings. The number of hydrazine groups is 1. The largest absolute Gasteiger partial charge is 0.480 e. The second-order valence-electron chi connectivity index (χ2n) is 5.12. The standard InChI is InChI=1S/C12H19N3O6/c16-10(21-15-6-2-4-9(15)12(19)20)7-13-14-5-1-3-8(14)11(17)18/h8-9,13H,1-7H2,(H,17,18)(H,19,20)/t8-,9-/m0/s1. The van der Waals surface area contributed by atoms with Gasteiger partial charge in [0.2, 0.25) is 0 Å². The normalized spacial score (nSPS) is 26.9. The summed E-state index contributed by atoms with van der Waals surface area (Å²) in [6.07, 6.45) is 2.38. The molecule has 9 nitrogen and oxygen atoms in total. The quantitative estimate of drug-likeness (QED) is 0.570. The topological polar surface area (TPSA) is 119 Å². The Labute approximate surface area is 121 Å². The lowest BCUT2D eigenvalue weighted by Gasteiger charge is -2.23. The lowest BCUT2D eigenvalue weighted by atomic mass is 10.2. The van der Waals surface area contributed by atoms with Crippen LogP contribution in [0.1, 0.15) is 25.7 Å². The summed E-state index contributed by atoms with van der Waals surface area (Å²) in [5.41, 5.74) is 2.73. The molecule has 0 saturated carbocycles. The number of carboxylic acid groups (broad SMARTS) is 2. The maximum atomic E-state index is 11.7. The molecule has 0 aromatic heterocycles. The zero-order valence-electron chi connectivity index (χ0n) is 11.5. The van der Waals surface area contributed by atoms with Crippen LogP contribution in [-0.4, -0.2) is 69.9 Å². The second kappa shape index (κ2) is 6.83. The number of carbonyl (C=O) groups excluding carboxylic acids is 1. The number of nitrogens with zero attached hydrogens (tertiary/aromatic N) is 2. The molecule has 2 atom stereocenters. The predicted octanol–water partition coefficient (Wildman–Crippen LogP) is -0.953. The third kappa shape index (κ3) is 3.90. The Bertz CT molecular complexity index is 429. The van der Waals surface area contributed by atoms with Gasteiger partial charge in [-0.3, -0.25) is 9.59 Å². The minimum atomic E-state index is -1.02. The van der Waals surface area contributed by atoms with E-state index in [1.54, 1.807) is 0 Å². The maximum absolute atomic E-state index is 11.7. The van der Waals surface area contributed by atoms with Crippen LogP contribution in [0.15, 0.2) is 0 Å². The van der Waals surface area contributed by atoms with Gasteiger partial charge in [0.1, 0.15) is 18.6 Å². The Morgan fingerprint density at radius 2 is 1.67 bits per heavy atom. The minimum Gasteiger partial charge on any atom is -0.480 e. The Kier molecular flexibility index (Phi) is 5.10. The lowest BCUT2D eigenvalue weighted by Crippen LogP contribution is -2.48. The SMILES string of the molecule is O=C(CNN1CCC[C@H]1C(=O)O)ON1CCC[C@H]1C(=O)O. The second-order valence-corrected chi connectivity index (χ2v) is 5.12. The fraction of sp³-hybridized carbons (Fsp3) is 0.750. The molecule has 0 amide bonds. The first-order valence-corrected chi connectivity index (χ1v) is 6.92. The van der Waals surface area contributed by atoms with Crippen molar-refractivity contribution in [2.45, 2.75) is 37.8 Å². The molecule has 0 radical (unpaired) electrons. The van der Waals surface area contributed by atoms with Gasteiger partial charge in [0.25, 0.3) is 0 Å². The molecule has 0 aromatic rings. The van der Waals surface area contributed by atoms with E-state index < -0.39 is 30.0 Å². The van der Waals surface area contributed by atoms with Crippen LogP contribution in [0.25, 0.3) is 0 Å². The number of hydroxylamine groups is 2. The summed E-state index contributed by atoms with van der Waals surface area (Å²) in [6, 6.07) is -1.44. The zero-order valence-corrected chi connectivity index (χ0v) is 11.5. The molecule has 2 heterocycles. The summed E-state index contributed by atoms with van der Waals surface area (Å²) in [6.45, 7) is 0.752. The molecule has 2 rings (SSSR count). The number of carboxylic acids is 2. The first kappa shape index (κ1) is 15.7. The van der Waals surface area contributed by atoms with Crippen molar-refractivity contribution in [3.8, 4) is 0 Å². The molecule has 9 heteroatoms.